The van der Waals surface area contributed by atoms with Gasteiger partial charge >= 0.3 is 6.09 Å². The molecular weight excluding hydrogens is 294 g/mol. The maximum Gasteiger partial charge on any atom is 0.410 e. The second-order valence-corrected chi connectivity index (χ2v) is 5.37. The molecule has 1 heterocycles. The van der Waals surface area contributed by atoms with Crippen molar-refractivity contribution in [2.75, 3.05) is 13.1 Å². The molecule has 0 atom stereocenters. The monoisotopic (exact) mass is 311 g/mol. The van der Waals surface area contributed by atoms with E-state index in [1.807, 2.05) is 30.3 Å². The molecule has 1 saturated heterocycles. The van der Waals surface area contributed by atoms with Crippen LogP contribution in [0.3, 0.4) is 0 Å². The van der Waals surface area contributed by atoms with Crippen molar-refractivity contribution in [3.8, 4) is 5.75 Å². The van der Waals surface area contributed by atoms with Crippen LogP contribution in [0.25, 0.3) is 0 Å². The summed E-state index contributed by atoms with van der Waals surface area (Å²) in [6, 6.07) is 16.5. The zero-order valence-corrected chi connectivity index (χ0v) is 12.6. The molecule has 118 valence electrons. The van der Waals surface area contributed by atoms with E-state index in [0.717, 1.165) is 11.8 Å². The normalized spacial score (nSPS) is 14.0. The lowest BCUT2D eigenvalue weighted by atomic mass is 10.2. The Balaban J connectivity index is 1.41. The Bertz CT molecular complexity index is 663. The third kappa shape index (κ3) is 3.88. The van der Waals surface area contributed by atoms with Gasteiger partial charge in [0, 0.05) is 5.56 Å². The number of nitrogens with zero attached hydrogens (tertiary/aromatic N) is 1. The molecule has 2 aromatic rings. The maximum absolute atomic E-state index is 11.9. The summed E-state index contributed by atoms with van der Waals surface area (Å²) in [5, 5.41) is 0. The molecule has 5 nitrogen and oxygen atoms in total. The maximum atomic E-state index is 11.9. The van der Waals surface area contributed by atoms with Gasteiger partial charge < -0.3 is 14.4 Å². The average molecular weight is 311 g/mol. The minimum absolute atomic E-state index is 0.0404. The fraction of sp³-hybridized carbons (Fsp3) is 0.222. The molecule has 0 radical (unpaired) electrons. The van der Waals surface area contributed by atoms with Crippen LogP contribution in [0.1, 0.15) is 15.9 Å². The number of ether oxygens (including phenoxy) is 2. The van der Waals surface area contributed by atoms with Gasteiger partial charge in [0.15, 0.2) is 0 Å². The zero-order chi connectivity index (χ0) is 16.1. The highest BCUT2D eigenvalue weighted by molar-refractivity contribution is 5.74. The van der Waals surface area contributed by atoms with Crippen molar-refractivity contribution < 1.29 is 19.1 Å². The molecule has 0 bridgehead atoms. The fourth-order valence-corrected chi connectivity index (χ4v) is 2.29. The Morgan fingerprint density at radius 3 is 2.43 bits per heavy atom. The Labute approximate surface area is 134 Å². The van der Waals surface area contributed by atoms with E-state index in [9.17, 15) is 9.59 Å². The minimum atomic E-state index is -0.329. The summed E-state index contributed by atoms with van der Waals surface area (Å²) in [4.78, 5) is 24.1. The predicted octanol–water partition coefficient (Wildman–Crippen LogP) is 2.90. The zero-order valence-electron chi connectivity index (χ0n) is 12.6. The molecule has 5 heteroatoms. The molecule has 0 saturated carbocycles. The van der Waals surface area contributed by atoms with Crippen molar-refractivity contribution in [1.29, 1.82) is 0 Å². The summed E-state index contributed by atoms with van der Waals surface area (Å²) in [7, 11) is 0. The van der Waals surface area contributed by atoms with Gasteiger partial charge in [-0.05, 0) is 29.8 Å². The van der Waals surface area contributed by atoms with Crippen molar-refractivity contribution in [2.45, 2.75) is 12.7 Å². The van der Waals surface area contributed by atoms with Gasteiger partial charge in [-0.2, -0.15) is 0 Å². The van der Waals surface area contributed by atoms with Crippen molar-refractivity contribution in [2.24, 2.45) is 0 Å². The van der Waals surface area contributed by atoms with E-state index in [1.54, 1.807) is 29.2 Å². The van der Waals surface area contributed by atoms with Crippen molar-refractivity contribution in [1.82, 2.24) is 4.90 Å². The van der Waals surface area contributed by atoms with Gasteiger partial charge in [0.05, 0.1) is 13.1 Å². The number of aldehydes is 1. The summed E-state index contributed by atoms with van der Waals surface area (Å²) in [6.45, 7) is 1.28. The number of amides is 1. The Morgan fingerprint density at radius 1 is 1.09 bits per heavy atom. The van der Waals surface area contributed by atoms with Gasteiger partial charge in [-0.1, -0.05) is 30.3 Å². The lowest BCUT2D eigenvalue weighted by Crippen LogP contribution is -2.56. The molecule has 0 unspecified atom stereocenters. The Morgan fingerprint density at radius 2 is 1.78 bits per heavy atom. The van der Waals surface area contributed by atoms with Gasteiger partial charge in [0.25, 0.3) is 0 Å². The van der Waals surface area contributed by atoms with E-state index in [0.29, 0.717) is 24.4 Å². The van der Waals surface area contributed by atoms with Gasteiger partial charge in [0.2, 0.25) is 0 Å². The summed E-state index contributed by atoms with van der Waals surface area (Å²) >= 11 is 0. The van der Waals surface area contributed by atoms with Gasteiger partial charge in [-0.25, -0.2) is 4.79 Å². The highest BCUT2D eigenvalue weighted by atomic mass is 16.6. The summed E-state index contributed by atoms with van der Waals surface area (Å²) < 4.78 is 11.0. The molecule has 0 aliphatic carbocycles. The molecule has 1 aliphatic rings. The first-order valence-corrected chi connectivity index (χ1v) is 7.42. The quantitative estimate of drug-likeness (QED) is 0.797. The van der Waals surface area contributed by atoms with E-state index in [1.165, 1.54) is 0 Å². The molecular formula is C18H17NO4. The molecule has 0 spiro atoms. The first kappa shape index (κ1) is 15.1. The third-order valence-corrected chi connectivity index (χ3v) is 3.63. The highest BCUT2D eigenvalue weighted by Gasteiger charge is 2.33. The second kappa shape index (κ2) is 6.96. The topological polar surface area (TPSA) is 55.8 Å². The molecule has 3 rings (SSSR count). The average Bonchev–Trinajstić information content (AvgIpc) is 2.57. The van der Waals surface area contributed by atoms with Crippen LogP contribution in [-0.4, -0.2) is 36.5 Å². The van der Waals surface area contributed by atoms with Crippen LogP contribution in [0.15, 0.2) is 54.6 Å². The van der Waals surface area contributed by atoms with Crippen LogP contribution < -0.4 is 4.74 Å². The predicted molar refractivity (Wildman–Crippen MR) is 84.4 cm³/mol. The van der Waals surface area contributed by atoms with Crippen molar-refractivity contribution >= 4 is 12.4 Å². The number of hydrogen-bond acceptors (Lipinski definition) is 4. The van der Waals surface area contributed by atoms with Crippen LogP contribution in [0.2, 0.25) is 0 Å². The standard InChI is InChI=1S/C18H17NO4/c20-12-14-6-8-16(9-7-14)23-17-10-19(11-17)18(21)22-13-15-4-2-1-3-5-15/h1-9,12,17H,10-11,13H2. The number of benzene rings is 2. The van der Waals surface area contributed by atoms with Gasteiger partial charge in [-0.3, -0.25) is 4.79 Å². The molecule has 1 aliphatic heterocycles. The lowest BCUT2D eigenvalue weighted by Gasteiger charge is -2.37. The van der Waals surface area contributed by atoms with E-state index < -0.39 is 0 Å². The number of carbonyl (C=O) groups is 2. The first-order chi connectivity index (χ1) is 11.2. The molecule has 23 heavy (non-hydrogen) atoms. The smallest absolute Gasteiger partial charge is 0.410 e. The van der Waals surface area contributed by atoms with Gasteiger partial charge in [0.1, 0.15) is 24.7 Å². The van der Waals surface area contributed by atoms with Crippen molar-refractivity contribution in [3.63, 3.8) is 0 Å². The second-order valence-electron chi connectivity index (χ2n) is 5.37. The summed E-state index contributed by atoms with van der Waals surface area (Å²) in [5.41, 5.74) is 1.57. The Hall–Kier alpha value is -2.82. The van der Waals surface area contributed by atoms with E-state index in [4.69, 9.17) is 9.47 Å². The summed E-state index contributed by atoms with van der Waals surface area (Å²) in [6.07, 6.45) is 0.420. The fourth-order valence-electron chi connectivity index (χ4n) is 2.29. The molecule has 0 N–H and O–H groups in total. The van der Waals surface area contributed by atoms with Crippen LogP contribution in [0.4, 0.5) is 4.79 Å². The SMILES string of the molecule is O=Cc1ccc(OC2CN(C(=O)OCc3ccccc3)C2)cc1. The first-order valence-electron chi connectivity index (χ1n) is 7.42. The van der Waals surface area contributed by atoms with E-state index in [2.05, 4.69) is 0 Å². The van der Waals surface area contributed by atoms with Crippen LogP contribution in [0, 0.1) is 0 Å². The number of hydrogen-bond donors (Lipinski definition) is 0. The van der Waals surface area contributed by atoms with E-state index in [-0.39, 0.29) is 18.8 Å². The van der Waals surface area contributed by atoms with Crippen LogP contribution >= 0.6 is 0 Å². The molecule has 2 aromatic carbocycles. The van der Waals surface area contributed by atoms with Crippen molar-refractivity contribution in [3.05, 3.63) is 65.7 Å². The highest BCUT2D eigenvalue weighted by Crippen LogP contribution is 2.19. The number of rotatable bonds is 5. The number of carbonyl (C=O) groups excluding carboxylic acids is 2. The lowest BCUT2D eigenvalue weighted by molar-refractivity contribution is 0.00869. The van der Waals surface area contributed by atoms with Crippen LogP contribution in [-0.2, 0) is 11.3 Å². The third-order valence-electron chi connectivity index (χ3n) is 3.63. The minimum Gasteiger partial charge on any atom is -0.487 e. The summed E-state index contributed by atoms with van der Waals surface area (Å²) in [5.74, 6) is 0.693. The van der Waals surface area contributed by atoms with Gasteiger partial charge in [-0.15, -0.1) is 0 Å². The molecule has 1 amide bonds. The molecule has 0 aromatic heterocycles. The number of likely N-dealkylation sites (tertiary alicyclic amines) is 1. The largest absolute Gasteiger partial charge is 0.487 e. The Kier molecular flexibility index (Phi) is 4.57. The van der Waals surface area contributed by atoms with Crippen LogP contribution in [0.5, 0.6) is 5.75 Å². The van der Waals surface area contributed by atoms with E-state index >= 15 is 0 Å². The molecule has 1 fully saturated rings.